The van der Waals surface area contributed by atoms with Crippen molar-refractivity contribution in [3.8, 4) is 17.2 Å². The predicted octanol–water partition coefficient (Wildman–Crippen LogP) is 4.51. The van der Waals surface area contributed by atoms with E-state index in [1.807, 2.05) is 6.07 Å². The highest BCUT2D eigenvalue weighted by molar-refractivity contribution is 5.62. The second-order valence-electron chi connectivity index (χ2n) is 4.81. The smallest absolute Gasteiger partial charge is 0.416 e. The van der Waals surface area contributed by atoms with Crippen LogP contribution in [0.15, 0.2) is 52.9 Å². The highest BCUT2D eigenvalue weighted by Gasteiger charge is 2.30. The molecule has 0 saturated heterocycles. The first-order valence-electron chi connectivity index (χ1n) is 6.88. The lowest BCUT2D eigenvalue weighted by atomic mass is 10.1. The molecule has 1 N–H and O–H groups in total. The third-order valence-corrected chi connectivity index (χ3v) is 3.23. The molecule has 0 atom stereocenters. The molecule has 3 rings (SSSR count). The van der Waals surface area contributed by atoms with Crippen LogP contribution in [0.2, 0.25) is 0 Å². The van der Waals surface area contributed by atoms with E-state index < -0.39 is 11.7 Å². The molecule has 0 spiro atoms. The maximum atomic E-state index is 12.6. The molecule has 2 aromatic carbocycles. The van der Waals surface area contributed by atoms with E-state index >= 15 is 0 Å². The Bertz CT molecular complexity index is 829. The lowest BCUT2D eigenvalue weighted by molar-refractivity contribution is -0.137. The summed E-state index contributed by atoms with van der Waals surface area (Å²) in [4.78, 5) is 0. The van der Waals surface area contributed by atoms with Gasteiger partial charge in [-0.15, -0.1) is 5.10 Å². The summed E-state index contributed by atoms with van der Waals surface area (Å²) in [5, 5.41) is 10.6. The molecule has 1 aromatic heterocycles. The first-order chi connectivity index (χ1) is 11.5. The minimum absolute atomic E-state index is 0.106. The molecule has 0 aliphatic carbocycles. The average molecular weight is 335 g/mol. The van der Waals surface area contributed by atoms with Crippen molar-refractivity contribution in [1.82, 2.24) is 10.2 Å². The van der Waals surface area contributed by atoms with Crippen LogP contribution in [0.25, 0.3) is 11.5 Å². The van der Waals surface area contributed by atoms with Crippen LogP contribution in [0.3, 0.4) is 0 Å². The highest BCUT2D eigenvalue weighted by atomic mass is 19.4. The zero-order chi connectivity index (χ0) is 17.2. The van der Waals surface area contributed by atoms with Crippen molar-refractivity contribution in [2.24, 2.45) is 0 Å². The van der Waals surface area contributed by atoms with Crippen LogP contribution < -0.4 is 10.1 Å². The lowest BCUT2D eigenvalue weighted by Gasteiger charge is -2.07. The molecule has 3 aromatic rings. The van der Waals surface area contributed by atoms with Crippen LogP contribution in [0, 0.1) is 0 Å². The molecule has 124 valence electrons. The fourth-order valence-corrected chi connectivity index (χ4v) is 2.06. The molecule has 24 heavy (non-hydrogen) atoms. The molecule has 0 radical (unpaired) electrons. The van der Waals surface area contributed by atoms with E-state index in [0.717, 1.165) is 12.1 Å². The van der Waals surface area contributed by atoms with Crippen molar-refractivity contribution in [2.45, 2.75) is 6.18 Å². The third kappa shape index (κ3) is 3.32. The van der Waals surface area contributed by atoms with Crippen LogP contribution in [-0.2, 0) is 6.18 Å². The summed E-state index contributed by atoms with van der Waals surface area (Å²) < 4.78 is 48.3. The molecule has 0 aliphatic rings. The topological polar surface area (TPSA) is 60.2 Å². The van der Waals surface area contributed by atoms with Gasteiger partial charge in [0.15, 0.2) is 0 Å². The van der Waals surface area contributed by atoms with E-state index in [2.05, 4.69) is 15.5 Å². The fourth-order valence-electron chi connectivity index (χ4n) is 2.06. The Morgan fingerprint density at radius 2 is 1.71 bits per heavy atom. The molecule has 8 heteroatoms. The summed E-state index contributed by atoms with van der Waals surface area (Å²) in [6.45, 7) is 0. The molecule has 0 aliphatic heterocycles. The van der Waals surface area contributed by atoms with Crippen molar-refractivity contribution < 1.29 is 22.3 Å². The van der Waals surface area contributed by atoms with E-state index in [-0.39, 0.29) is 11.9 Å². The number of halogens is 3. The molecule has 0 fully saturated rings. The van der Waals surface area contributed by atoms with Crippen molar-refractivity contribution >= 4 is 11.7 Å². The predicted molar refractivity (Wildman–Crippen MR) is 81.0 cm³/mol. The van der Waals surface area contributed by atoms with Crippen molar-refractivity contribution in [3.05, 3.63) is 54.1 Å². The van der Waals surface area contributed by atoms with Crippen LogP contribution in [0.1, 0.15) is 5.56 Å². The quantitative estimate of drug-likeness (QED) is 0.760. The summed E-state index contributed by atoms with van der Waals surface area (Å²) in [5.41, 5.74) is 0.282. The summed E-state index contributed by atoms with van der Waals surface area (Å²) in [6, 6.07) is 11.7. The number of hydrogen-bond acceptors (Lipinski definition) is 5. The van der Waals surface area contributed by atoms with Gasteiger partial charge in [0.2, 0.25) is 5.89 Å². The zero-order valence-corrected chi connectivity index (χ0v) is 12.5. The number of benzene rings is 2. The number of rotatable bonds is 4. The van der Waals surface area contributed by atoms with Gasteiger partial charge in [0, 0.05) is 5.56 Å². The molecule has 5 nitrogen and oxygen atoms in total. The van der Waals surface area contributed by atoms with Gasteiger partial charge in [0.05, 0.1) is 18.4 Å². The summed E-state index contributed by atoms with van der Waals surface area (Å²) in [6.07, 6.45) is -4.38. The first kappa shape index (κ1) is 15.9. The number of para-hydroxylation sites is 2. The highest BCUT2D eigenvalue weighted by Crippen LogP contribution is 2.31. The van der Waals surface area contributed by atoms with Crippen molar-refractivity contribution in [3.63, 3.8) is 0 Å². The van der Waals surface area contributed by atoms with E-state index in [1.54, 1.807) is 18.2 Å². The first-order valence-corrected chi connectivity index (χ1v) is 6.88. The van der Waals surface area contributed by atoms with Crippen molar-refractivity contribution in [2.75, 3.05) is 12.4 Å². The number of alkyl halides is 3. The SMILES string of the molecule is COc1ccccc1Nc1nnc(-c2ccc(C(F)(F)F)cc2)o1. The lowest BCUT2D eigenvalue weighted by Crippen LogP contribution is -2.03. The zero-order valence-electron chi connectivity index (χ0n) is 12.5. The monoisotopic (exact) mass is 335 g/mol. The van der Waals surface area contributed by atoms with Gasteiger partial charge in [0.1, 0.15) is 5.75 Å². The maximum Gasteiger partial charge on any atom is 0.416 e. The van der Waals surface area contributed by atoms with Crippen molar-refractivity contribution in [1.29, 1.82) is 0 Å². The van der Waals surface area contributed by atoms with Crippen LogP contribution in [-0.4, -0.2) is 17.3 Å². The molecular weight excluding hydrogens is 323 g/mol. The number of hydrogen-bond donors (Lipinski definition) is 1. The molecular formula is C16H12F3N3O2. The number of nitrogens with one attached hydrogen (secondary N) is 1. The minimum Gasteiger partial charge on any atom is -0.495 e. The number of nitrogens with zero attached hydrogens (tertiary/aromatic N) is 2. The second kappa shape index (κ2) is 6.23. The van der Waals surface area contributed by atoms with E-state index in [9.17, 15) is 13.2 Å². The maximum absolute atomic E-state index is 12.6. The Balaban J connectivity index is 1.80. The Morgan fingerprint density at radius 1 is 1.00 bits per heavy atom. The van der Waals surface area contributed by atoms with Crippen LogP contribution >= 0.6 is 0 Å². The number of aromatic nitrogens is 2. The Kier molecular flexibility index (Phi) is 4.11. The van der Waals surface area contributed by atoms with E-state index in [4.69, 9.17) is 9.15 Å². The Labute approximate surface area is 135 Å². The van der Waals surface area contributed by atoms with Gasteiger partial charge < -0.3 is 14.5 Å². The van der Waals surface area contributed by atoms with Gasteiger partial charge in [-0.25, -0.2) is 0 Å². The fraction of sp³-hybridized carbons (Fsp3) is 0.125. The van der Waals surface area contributed by atoms with Crippen LogP contribution in [0.4, 0.5) is 24.9 Å². The second-order valence-corrected chi connectivity index (χ2v) is 4.81. The van der Waals surface area contributed by atoms with Gasteiger partial charge in [-0.1, -0.05) is 17.2 Å². The number of anilines is 2. The van der Waals surface area contributed by atoms with Gasteiger partial charge in [-0.05, 0) is 36.4 Å². The van der Waals surface area contributed by atoms with Gasteiger partial charge >= 0.3 is 12.2 Å². The average Bonchev–Trinajstić information content (AvgIpc) is 3.03. The number of methoxy groups -OCH3 is 1. The number of ether oxygens (including phenoxy) is 1. The van der Waals surface area contributed by atoms with E-state index in [1.165, 1.54) is 19.2 Å². The molecule has 0 saturated carbocycles. The normalized spacial score (nSPS) is 11.3. The van der Waals surface area contributed by atoms with Gasteiger partial charge in [0.25, 0.3) is 0 Å². The van der Waals surface area contributed by atoms with E-state index in [0.29, 0.717) is 17.0 Å². The molecule has 0 bridgehead atoms. The Hall–Kier alpha value is -3.03. The van der Waals surface area contributed by atoms with Gasteiger partial charge in [-0.3, -0.25) is 0 Å². The molecule has 1 heterocycles. The molecule has 0 amide bonds. The third-order valence-electron chi connectivity index (χ3n) is 3.23. The summed E-state index contributed by atoms with van der Waals surface area (Å²) in [7, 11) is 1.53. The van der Waals surface area contributed by atoms with Crippen LogP contribution in [0.5, 0.6) is 5.75 Å². The molecule has 0 unspecified atom stereocenters. The summed E-state index contributed by atoms with van der Waals surface area (Å²) >= 11 is 0. The largest absolute Gasteiger partial charge is 0.495 e. The standard InChI is InChI=1S/C16H12F3N3O2/c1-23-13-5-3-2-4-12(13)20-15-22-21-14(24-15)10-6-8-11(9-7-10)16(17,18)19/h2-9H,1H3,(H,20,22). The Morgan fingerprint density at radius 3 is 2.38 bits per heavy atom. The van der Waals surface area contributed by atoms with Gasteiger partial charge in [-0.2, -0.15) is 13.2 Å². The summed E-state index contributed by atoms with van der Waals surface area (Å²) in [5.74, 6) is 0.702. The minimum atomic E-state index is -4.38.